The van der Waals surface area contributed by atoms with Crippen molar-refractivity contribution >= 4 is 5.91 Å². The molecule has 0 bridgehead atoms. The van der Waals surface area contributed by atoms with E-state index in [1.807, 2.05) is 42.5 Å². The van der Waals surface area contributed by atoms with Gasteiger partial charge >= 0.3 is 0 Å². The molecule has 2 aliphatic rings. The van der Waals surface area contributed by atoms with Gasteiger partial charge in [0.25, 0.3) is 0 Å². The first-order valence-electron chi connectivity index (χ1n) is 8.80. The maximum absolute atomic E-state index is 12.7. The molecule has 0 spiro atoms. The van der Waals surface area contributed by atoms with Crippen LogP contribution in [0.15, 0.2) is 53.2 Å². The second-order valence-corrected chi connectivity index (χ2v) is 6.73. The van der Waals surface area contributed by atoms with Crippen molar-refractivity contribution < 1.29 is 18.8 Å². The number of rotatable bonds is 5. The highest BCUT2D eigenvalue weighted by Crippen LogP contribution is 2.49. The molecule has 5 rings (SSSR count). The lowest BCUT2D eigenvalue weighted by atomic mass is 10.00. The van der Waals surface area contributed by atoms with E-state index in [9.17, 15) is 4.79 Å². The topological polar surface area (TPSA) is 86.5 Å². The molecule has 1 aromatic carbocycles. The molecule has 3 aromatic rings. The summed E-state index contributed by atoms with van der Waals surface area (Å²) in [5.41, 5.74) is 1.71. The molecule has 136 valence electrons. The Hall–Kier alpha value is -3.35. The van der Waals surface area contributed by atoms with Gasteiger partial charge in [0.2, 0.25) is 12.7 Å². The Bertz CT molecular complexity index is 995. The number of benzene rings is 1. The van der Waals surface area contributed by atoms with E-state index in [2.05, 4.69) is 15.5 Å². The zero-order chi connectivity index (χ0) is 18.3. The van der Waals surface area contributed by atoms with Gasteiger partial charge in [-0.15, -0.1) is 0 Å². The van der Waals surface area contributed by atoms with E-state index in [0.717, 1.165) is 24.1 Å². The highest BCUT2D eigenvalue weighted by atomic mass is 16.7. The lowest BCUT2D eigenvalue weighted by Gasteiger charge is -2.12. The van der Waals surface area contributed by atoms with Crippen LogP contribution in [-0.2, 0) is 16.8 Å². The Morgan fingerprint density at radius 3 is 2.81 bits per heavy atom. The number of ether oxygens (including phenoxy) is 2. The summed E-state index contributed by atoms with van der Waals surface area (Å²) in [6.07, 6.45) is 3.23. The third-order valence-electron chi connectivity index (χ3n) is 5.00. The number of carbonyl (C=O) groups excluding carboxylic acids is 1. The monoisotopic (exact) mass is 363 g/mol. The number of hydrogen-bond donors (Lipinski definition) is 1. The number of hydrogen-bond acceptors (Lipinski definition) is 6. The number of aromatic nitrogens is 2. The molecule has 7 heteroatoms. The summed E-state index contributed by atoms with van der Waals surface area (Å²) in [6.45, 7) is 0.619. The molecule has 1 amide bonds. The maximum atomic E-state index is 12.7. The smallest absolute Gasteiger partial charge is 0.232 e. The lowest BCUT2D eigenvalue weighted by Crippen LogP contribution is -2.34. The molecule has 1 aliphatic heterocycles. The Kier molecular flexibility index (Phi) is 3.60. The molecule has 1 aliphatic carbocycles. The van der Waals surface area contributed by atoms with E-state index >= 15 is 0 Å². The summed E-state index contributed by atoms with van der Waals surface area (Å²) in [6, 6.07) is 13.0. The standard InChI is InChI=1S/C20H17N3O4/c24-19(22-11-14-3-1-2-8-21-14)20(6-7-20)18-10-16(27-23-18)13-4-5-15-17(9-13)26-12-25-15/h1-5,8-10H,6-7,11-12H2,(H,22,24). The van der Waals surface area contributed by atoms with Crippen LogP contribution in [0.25, 0.3) is 11.3 Å². The molecule has 2 aromatic heterocycles. The number of amides is 1. The van der Waals surface area contributed by atoms with Gasteiger partial charge in [-0.05, 0) is 43.2 Å². The van der Waals surface area contributed by atoms with Crippen LogP contribution in [0.4, 0.5) is 0 Å². The van der Waals surface area contributed by atoms with Crippen LogP contribution in [0.3, 0.4) is 0 Å². The normalized spacial score (nSPS) is 16.1. The zero-order valence-corrected chi connectivity index (χ0v) is 14.5. The molecule has 0 atom stereocenters. The summed E-state index contributed by atoms with van der Waals surface area (Å²) in [5.74, 6) is 1.96. The second-order valence-electron chi connectivity index (χ2n) is 6.73. The first-order valence-corrected chi connectivity index (χ1v) is 8.80. The van der Waals surface area contributed by atoms with Gasteiger partial charge in [0.05, 0.1) is 23.3 Å². The predicted octanol–water partition coefficient (Wildman–Crippen LogP) is 2.81. The second kappa shape index (κ2) is 6.12. The van der Waals surface area contributed by atoms with E-state index in [1.165, 1.54) is 0 Å². The molecule has 1 saturated carbocycles. The van der Waals surface area contributed by atoms with Gasteiger partial charge in [-0.3, -0.25) is 9.78 Å². The van der Waals surface area contributed by atoms with Gasteiger partial charge in [0.15, 0.2) is 17.3 Å². The fraction of sp³-hybridized carbons (Fsp3) is 0.250. The van der Waals surface area contributed by atoms with Crippen molar-refractivity contribution in [1.82, 2.24) is 15.5 Å². The number of carbonyl (C=O) groups is 1. The van der Waals surface area contributed by atoms with Gasteiger partial charge in [-0.1, -0.05) is 11.2 Å². The summed E-state index contributed by atoms with van der Waals surface area (Å²) >= 11 is 0. The van der Waals surface area contributed by atoms with E-state index in [0.29, 0.717) is 29.5 Å². The Morgan fingerprint density at radius 1 is 1.11 bits per heavy atom. The molecular formula is C20H17N3O4. The summed E-state index contributed by atoms with van der Waals surface area (Å²) in [7, 11) is 0. The van der Waals surface area contributed by atoms with Crippen molar-refractivity contribution in [1.29, 1.82) is 0 Å². The molecular weight excluding hydrogens is 346 g/mol. The third-order valence-corrected chi connectivity index (χ3v) is 5.00. The molecule has 0 unspecified atom stereocenters. The Balaban J connectivity index is 1.33. The number of fused-ring (bicyclic) bond motifs is 1. The Labute approximate surface area is 155 Å². The molecule has 0 radical (unpaired) electrons. The molecule has 0 saturated heterocycles. The number of pyridine rings is 1. The predicted molar refractivity (Wildman–Crippen MR) is 95.1 cm³/mol. The van der Waals surface area contributed by atoms with Crippen LogP contribution in [0, 0.1) is 0 Å². The summed E-state index contributed by atoms with van der Waals surface area (Å²) in [4.78, 5) is 17.0. The fourth-order valence-corrected chi connectivity index (χ4v) is 3.25. The van der Waals surface area contributed by atoms with Gasteiger partial charge in [-0.2, -0.15) is 0 Å². The van der Waals surface area contributed by atoms with Gasteiger partial charge in [-0.25, -0.2) is 0 Å². The van der Waals surface area contributed by atoms with Crippen LogP contribution in [0.5, 0.6) is 11.5 Å². The summed E-state index contributed by atoms with van der Waals surface area (Å²) < 4.78 is 16.2. The van der Waals surface area contributed by atoms with Crippen LogP contribution >= 0.6 is 0 Å². The van der Waals surface area contributed by atoms with Gasteiger partial charge < -0.3 is 19.3 Å². The van der Waals surface area contributed by atoms with Crippen molar-refractivity contribution in [2.24, 2.45) is 0 Å². The van der Waals surface area contributed by atoms with E-state index < -0.39 is 5.41 Å². The average molecular weight is 363 g/mol. The van der Waals surface area contributed by atoms with E-state index in [1.54, 1.807) is 6.20 Å². The first-order chi connectivity index (χ1) is 13.2. The minimum absolute atomic E-state index is 0.0429. The minimum atomic E-state index is -0.604. The zero-order valence-electron chi connectivity index (χ0n) is 14.5. The van der Waals surface area contributed by atoms with Gasteiger partial charge in [0.1, 0.15) is 0 Å². The largest absolute Gasteiger partial charge is 0.454 e. The van der Waals surface area contributed by atoms with Crippen LogP contribution in [0.2, 0.25) is 0 Å². The average Bonchev–Trinajstić information content (AvgIpc) is 3.15. The minimum Gasteiger partial charge on any atom is -0.454 e. The molecule has 1 fully saturated rings. The molecule has 3 heterocycles. The maximum Gasteiger partial charge on any atom is 0.232 e. The van der Waals surface area contributed by atoms with Gasteiger partial charge in [0, 0.05) is 17.8 Å². The summed E-state index contributed by atoms with van der Waals surface area (Å²) in [5, 5.41) is 7.14. The SMILES string of the molecule is O=C(NCc1ccccn1)C1(c2cc(-c3ccc4c(c3)OCO4)on2)CC1. The highest BCUT2D eigenvalue weighted by Gasteiger charge is 2.53. The quantitative estimate of drug-likeness (QED) is 0.750. The first kappa shape index (κ1) is 15.9. The Morgan fingerprint density at radius 2 is 2.00 bits per heavy atom. The lowest BCUT2D eigenvalue weighted by molar-refractivity contribution is -0.123. The number of nitrogens with one attached hydrogen (secondary N) is 1. The van der Waals surface area contributed by atoms with Crippen molar-refractivity contribution in [3.63, 3.8) is 0 Å². The molecule has 27 heavy (non-hydrogen) atoms. The van der Waals surface area contributed by atoms with Crippen molar-refractivity contribution in [2.45, 2.75) is 24.8 Å². The fourth-order valence-electron chi connectivity index (χ4n) is 3.25. The highest BCUT2D eigenvalue weighted by molar-refractivity contribution is 5.91. The third kappa shape index (κ3) is 2.81. The van der Waals surface area contributed by atoms with Crippen molar-refractivity contribution in [2.75, 3.05) is 6.79 Å². The van der Waals surface area contributed by atoms with Crippen LogP contribution in [0.1, 0.15) is 24.2 Å². The molecule has 7 nitrogen and oxygen atoms in total. The number of nitrogens with zero attached hydrogens (tertiary/aromatic N) is 2. The molecule has 1 N–H and O–H groups in total. The van der Waals surface area contributed by atoms with Crippen molar-refractivity contribution in [3.05, 3.63) is 60.0 Å². The van der Waals surface area contributed by atoms with E-state index in [-0.39, 0.29) is 12.7 Å². The van der Waals surface area contributed by atoms with E-state index in [4.69, 9.17) is 14.0 Å². The van der Waals surface area contributed by atoms with Crippen LogP contribution in [-0.4, -0.2) is 22.8 Å². The van der Waals surface area contributed by atoms with Crippen molar-refractivity contribution in [3.8, 4) is 22.8 Å². The van der Waals surface area contributed by atoms with Crippen LogP contribution < -0.4 is 14.8 Å².